The summed E-state index contributed by atoms with van der Waals surface area (Å²) in [5, 5.41) is 15.4. The third-order valence-corrected chi connectivity index (χ3v) is 1.85. The molecule has 13 heavy (non-hydrogen) atoms. The van der Waals surface area contributed by atoms with Gasteiger partial charge in [-0.3, -0.25) is 0 Å². The van der Waals surface area contributed by atoms with Crippen LogP contribution in [0, 0.1) is 0 Å². The van der Waals surface area contributed by atoms with Gasteiger partial charge in [0.15, 0.2) is 11.5 Å². The summed E-state index contributed by atoms with van der Waals surface area (Å²) in [4.78, 5) is 0. The lowest BCUT2D eigenvalue weighted by Gasteiger charge is -2.11. The van der Waals surface area contributed by atoms with E-state index in [0.29, 0.717) is 11.4 Å². The van der Waals surface area contributed by atoms with E-state index in [1.54, 1.807) is 19.2 Å². The Morgan fingerprint density at radius 1 is 1.23 bits per heavy atom. The monoisotopic (exact) mass is 182 g/mol. The van der Waals surface area contributed by atoms with Crippen LogP contribution in [0.2, 0.25) is 0 Å². The van der Waals surface area contributed by atoms with Crippen molar-refractivity contribution in [2.45, 2.75) is 0 Å². The Bertz CT molecular complexity index is 275. The van der Waals surface area contributed by atoms with Crippen LogP contribution in [-0.4, -0.2) is 26.3 Å². The molecule has 0 aliphatic rings. The number of benzene rings is 1. The normalized spacial score (nSPS) is 9.46. The second-order valence-corrected chi connectivity index (χ2v) is 2.57. The first-order valence-electron chi connectivity index (χ1n) is 3.99. The number of anilines is 2. The van der Waals surface area contributed by atoms with Crippen LogP contribution < -0.4 is 15.4 Å². The van der Waals surface area contributed by atoms with Crippen molar-refractivity contribution in [1.29, 1.82) is 0 Å². The van der Waals surface area contributed by atoms with Crippen molar-refractivity contribution in [2.24, 2.45) is 0 Å². The van der Waals surface area contributed by atoms with Gasteiger partial charge in [0, 0.05) is 25.8 Å². The van der Waals surface area contributed by atoms with Crippen molar-refractivity contribution in [1.82, 2.24) is 0 Å². The van der Waals surface area contributed by atoms with E-state index in [4.69, 9.17) is 4.74 Å². The number of nitrogens with one attached hydrogen (secondary N) is 2. The Hall–Kier alpha value is -1.58. The lowest BCUT2D eigenvalue weighted by molar-refractivity contribution is 0.375. The van der Waals surface area contributed by atoms with Crippen molar-refractivity contribution >= 4 is 11.4 Å². The van der Waals surface area contributed by atoms with Crippen molar-refractivity contribution in [3.63, 3.8) is 0 Å². The lowest BCUT2D eigenvalue weighted by atomic mass is 10.2. The van der Waals surface area contributed by atoms with Crippen molar-refractivity contribution in [3.05, 3.63) is 12.1 Å². The Morgan fingerprint density at radius 2 is 1.92 bits per heavy atom. The predicted octanol–water partition coefficient (Wildman–Crippen LogP) is 1.48. The Morgan fingerprint density at radius 3 is 2.38 bits per heavy atom. The summed E-state index contributed by atoms with van der Waals surface area (Å²) in [7, 11) is 5.08. The molecule has 4 heteroatoms. The molecule has 4 nitrogen and oxygen atoms in total. The van der Waals surface area contributed by atoms with E-state index in [1.807, 2.05) is 7.05 Å². The Labute approximate surface area is 77.5 Å². The summed E-state index contributed by atoms with van der Waals surface area (Å²) in [6.07, 6.45) is 0. The predicted molar refractivity (Wildman–Crippen MR) is 53.8 cm³/mol. The van der Waals surface area contributed by atoms with Crippen molar-refractivity contribution in [2.75, 3.05) is 31.8 Å². The van der Waals surface area contributed by atoms with E-state index in [-0.39, 0.29) is 5.75 Å². The maximum atomic E-state index is 9.59. The van der Waals surface area contributed by atoms with Gasteiger partial charge in [0.2, 0.25) is 0 Å². The fraction of sp³-hybridized carbons (Fsp3) is 0.333. The van der Waals surface area contributed by atoms with E-state index < -0.39 is 0 Å². The minimum absolute atomic E-state index is 0.129. The molecule has 3 N–H and O–H groups in total. The number of hydrogen-bond donors (Lipinski definition) is 3. The van der Waals surface area contributed by atoms with Gasteiger partial charge < -0.3 is 20.5 Å². The summed E-state index contributed by atoms with van der Waals surface area (Å²) >= 11 is 0. The zero-order chi connectivity index (χ0) is 9.84. The van der Waals surface area contributed by atoms with Gasteiger partial charge in [0.1, 0.15) is 0 Å². The molecule has 1 aromatic rings. The summed E-state index contributed by atoms with van der Waals surface area (Å²) < 4.78 is 5.00. The fourth-order valence-corrected chi connectivity index (χ4v) is 1.10. The third-order valence-electron chi connectivity index (χ3n) is 1.85. The second kappa shape index (κ2) is 3.89. The minimum atomic E-state index is 0.129. The standard InChI is InChI=1S/C9H14N2O2/c1-10-6-4-7(11-2)9(12)8(5-6)13-3/h4-5,10-12H,1-3H3. The smallest absolute Gasteiger partial charge is 0.181 e. The number of methoxy groups -OCH3 is 1. The van der Waals surface area contributed by atoms with Crippen molar-refractivity contribution < 1.29 is 9.84 Å². The Kier molecular flexibility index (Phi) is 2.84. The molecule has 0 aliphatic heterocycles. The van der Waals surface area contributed by atoms with Gasteiger partial charge in [-0.2, -0.15) is 0 Å². The molecular formula is C9H14N2O2. The number of hydrogen-bond acceptors (Lipinski definition) is 4. The van der Waals surface area contributed by atoms with Crippen molar-refractivity contribution in [3.8, 4) is 11.5 Å². The van der Waals surface area contributed by atoms with Crippen LogP contribution in [0.4, 0.5) is 11.4 Å². The van der Waals surface area contributed by atoms with E-state index >= 15 is 0 Å². The highest BCUT2D eigenvalue weighted by atomic mass is 16.5. The van der Waals surface area contributed by atoms with E-state index in [2.05, 4.69) is 10.6 Å². The largest absolute Gasteiger partial charge is 0.503 e. The molecule has 0 fully saturated rings. The number of phenolic OH excluding ortho intramolecular Hbond substituents is 1. The van der Waals surface area contributed by atoms with Gasteiger partial charge in [-0.15, -0.1) is 0 Å². The van der Waals surface area contributed by atoms with E-state index in [1.165, 1.54) is 7.11 Å². The molecule has 1 aromatic carbocycles. The molecule has 0 atom stereocenters. The average molecular weight is 182 g/mol. The Balaban J connectivity index is 3.20. The molecule has 0 radical (unpaired) electrons. The van der Waals surface area contributed by atoms with Gasteiger partial charge >= 0.3 is 0 Å². The van der Waals surface area contributed by atoms with Crippen LogP contribution in [0.15, 0.2) is 12.1 Å². The highest BCUT2D eigenvalue weighted by molar-refractivity contribution is 5.70. The molecule has 0 aliphatic carbocycles. The molecule has 0 amide bonds. The zero-order valence-electron chi connectivity index (χ0n) is 8.01. The van der Waals surface area contributed by atoms with Gasteiger partial charge in [-0.25, -0.2) is 0 Å². The number of rotatable bonds is 3. The zero-order valence-corrected chi connectivity index (χ0v) is 8.01. The van der Waals surface area contributed by atoms with Gasteiger partial charge in [-0.05, 0) is 6.07 Å². The SMILES string of the molecule is CNc1cc(NC)c(O)c(OC)c1. The third kappa shape index (κ3) is 1.77. The molecule has 72 valence electrons. The summed E-state index contributed by atoms with van der Waals surface area (Å²) in [5.74, 6) is 0.584. The first kappa shape index (κ1) is 9.51. The fourth-order valence-electron chi connectivity index (χ4n) is 1.10. The molecule has 0 heterocycles. The molecule has 0 bridgehead atoms. The molecule has 0 saturated carbocycles. The van der Waals surface area contributed by atoms with Gasteiger partial charge in [0.05, 0.1) is 12.8 Å². The van der Waals surface area contributed by atoms with Crippen LogP contribution in [0.5, 0.6) is 11.5 Å². The number of phenols is 1. The van der Waals surface area contributed by atoms with Gasteiger partial charge in [0.25, 0.3) is 0 Å². The maximum absolute atomic E-state index is 9.59. The van der Waals surface area contributed by atoms with Crippen LogP contribution in [0.3, 0.4) is 0 Å². The molecular weight excluding hydrogens is 168 g/mol. The lowest BCUT2D eigenvalue weighted by Crippen LogP contribution is -1.95. The van der Waals surface area contributed by atoms with E-state index in [9.17, 15) is 5.11 Å². The summed E-state index contributed by atoms with van der Waals surface area (Å²) in [6.45, 7) is 0. The molecule has 0 spiro atoms. The molecule has 1 rings (SSSR count). The van der Waals surface area contributed by atoms with Crippen LogP contribution >= 0.6 is 0 Å². The van der Waals surface area contributed by atoms with Gasteiger partial charge in [-0.1, -0.05) is 0 Å². The average Bonchev–Trinajstić information content (AvgIpc) is 2.18. The first-order valence-corrected chi connectivity index (χ1v) is 3.99. The molecule has 0 unspecified atom stereocenters. The maximum Gasteiger partial charge on any atom is 0.181 e. The topological polar surface area (TPSA) is 53.5 Å². The summed E-state index contributed by atoms with van der Waals surface area (Å²) in [6, 6.07) is 3.54. The highest BCUT2D eigenvalue weighted by Gasteiger charge is 2.08. The molecule has 0 saturated heterocycles. The quantitative estimate of drug-likeness (QED) is 0.489. The minimum Gasteiger partial charge on any atom is -0.503 e. The first-order chi connectivity index (χ1) is 6.22. The van der Waals surface area contributed by atoms with Crippen LogP contribution in [0.25, 0.3) is 0 Å². The molecule has 0 aromatic heterocycles. The second-order valence-electron chi connectivity index (χ2n) is 2.57. The highest BCUT2D eigenvalue weighted by Crippen LogP contribution is 2.36. The van der Waals surface area contributed by atoms with Crippen LogP contribution in [-0.2, 0) is 0 Å². The van der Waals surface area contributed by atoms with Crippen LogP contribution in [0.1, 0.15) is 0 Å². The number of ether oxygens (including phenoxy) is 1. The van der Waals surface area contributed by atoms with E-state index in [0.717, 1.165) is 5.69 Å². The number of aromatic hydroxyl groups is 1. The summed E-state index contributed by atoms with van der Waals surface area (Å²) in [5.41, 5.74) is 1.53.